The molecule has 4 nitrogen and oxygen atoms in total. The van der Waals surface area contributed by atoms with E-state index in [2.05, 4.69) is 57.0 Å². The van der Waals surface area contributed by atoms with Crippen LogP contribution in [0.3, 0.4) is 0 Å². The van der Waals surface area contributed by atoms with E-state index in [0.717, 1.165) is 24.7 Å². The second-order valence-corrected chi connectivity index (χ2v) is 5.74. The first kappa shape index (κ1) is 14.2. The number of hydrogen-bond acceptors (Lipinski definition) is 4. The average Bonchev–Trinajstić information content (AvgIpc) is 2.73. The van der Waals surface area contributed by atoms with Crippen molar-refractivity contribution in [2.45, 2.75) is 65.3 Å². The predicted octanol–water partition coefficient (Wildman–Crippen LogP) is 2.86. The Morgan fingerprint density at radius 1 is 1.29 bits per heavy atom. The SMILES string of the molecule is CCCNC(C)C(C)c1nc(C(C)(C)C)no1. The fraction of sp³-hybridized carbons (Fsp3) is 0.846. The zero-order chi connectivity index (χ0) is 13.1. The van der Waals surface area contributed by atoms with Crippen LogP contribution in [0.4, 0.5) is 0 Å². The molecule has 0 aliphatic heterocycles. The summed E-state index contributed by atoms with van der Waals surface area (Å²) in [7, 11) is 0. The van der Waals surface area contributed by atoms with E-state index >= 15 is 0 Å². The first-order valence-electron chi connectivity index (χ1n) is 6.43. The van der Waals surface area contributed by atoms with E-state index < -0.39 is 0 Å². The van der Waals surface area contributed by atoms with Crippen LogP contribution < -0.4 is 5.32 Å². The normalized spacial score (nSPS) is 15.9. The maximum atomic E-state index is 5.35. The van der Waals surface area contributed by atoms with Crippen LogP contribution in [-0.4, -0.2) is 22.7 Å². The molecule has 1 aromatic heterocycles. The molecule has 0 radical (unpaired) electrons. The molecule has 0 saturated carbocycles. The molecule has 0 amide bonds. The molecular formula is C13H25N3O. The lowest BCUT2D eigenvalue weighted by atomic mass is 9.96. The van der Waals surface area contributed by atoms with Crippen molar-refractivity contribution in [3.63, 3.8) is 0 Å². The highest BCUT2D eigenvalue weighted by Gasteiger charge is 2.25. The molecule has 1 N–H and O–H groups in total. The van der Waals surface area contributed by atoms with Gasteiger partial charge in [0.15, 0.2) is 5.82 Å². The number of hydrogen-bond donors (Lipinski definition) is 1. The molecule has 17 heavy (non-hydrogen) atoms. The first-order valence-corrected chi connectivity index (χ1v) is 6.43. The summed E-state index contributed by atoms with van der Waals surface area (Å²) >= 11 is 0. The Hall–Kier alpha value is -0.900. The average molecular weight is 239 g/mol. The van der Waals surface area contributed by atoms with E-state index in [4.69, 9.17) is 4.52 Å². The van der Waals surface area contributed by atoms with Gasteiger partial charge >= 0.3 is 0 Å². The Bertz CT molecular complexity index is 341. The summed E-state index contributed by atoms with van der Waals surface area (Å²) in [6, 6.07) is 0.350. The van der Waals surface area contributed by atoms with Crippen LogP contribution in [-0.2, 0) is 5.41 Å². The molecule has 0 bridgehead atoms. The van der Waals surface area contributed by atoms with E-state index in [1.165, 1.54) is 0 Å². The van der Waals surface area contributed by atoms with Gasteiger partial charge in [0, 0.05) is 11.5 Å². The minimum atomic E-state index is -0.0540. The second kappa shape index (κ2) is 5.63. The molecule has 0 aliphatic rings. The van der Waals surface area contributed by atoms with Gasteiger partial charge in [-0.3, -0.25) is 0 Å². The third kappa shape index (κ3) is 3.80. The van der Waals surface area contributed by atoms with E-state index in [0.29, 0.717) is 6.04 Å². The molecule has 0 spiro atoms. The Morgan fingerprint density at radius 3 is 2.41 bits per heavy atom. The Kier molecular flexibility index (Phi) is 4.69. The highest BCUT2D eigenvalue weighted by Crippen LogP contribution is 2.23. The maximum absolute atomic E-state index is 5.35. The van der Waals surface area contributed by atoms with Gasteiger partial charge in [0.25, 0.3) is 0 Å². The smallest absolute Gasteiger partial charge is 0.231 e. The summed E-state index contributed by atoms with van der Waals surface area (Å²) in [5.41, 5.74) is -0.0540. The van der Waals surface area contributed by atoms with E-state index in [-0.39, 0.29) is 11.3 Å². The van der Waals surface area contributed by atoms with Gasteiger partial charge in [-0.15, -0.1) is 0 Å². The summed E-state index contributed by atoms with van der Waals surface area (Å²) in [6.07, 6.45) is 1.13. The molecular weight excluding hydrogens is 214 g/mol. The van der Waals surface area contributed by atoms with Gasteiger partial charge in [-0.25, -0.2) is 0 Å². The van der Waals surface area contributed by atoms with Crippen LogP contribution in [0.5, 0.6) is 0 Å². The number of nitrogens with zero attached hydrogens (tertiary/aromatic N) is 2. The quantitative estimate of drug-likeness (QED) is 0.858. The van der Waals surface area contributed by atoms with Crippen LogP contribution in [0.15, 0.2) is 4.52 Å². The minimum Gasteiger partial charge on any atom is -0.339 e. The van der Waals surface area contributed by atoms with E-state index in [1.807, 2.05) is 0 Å². The lowest BCUT2D eigenvalue weighted by Crippen LogP contribution is -2.31. The predicted molar refractivity (Wildman–Crippen MR) is 69.2 cm³/mol. The van der Waals surface area contributed by atoms with Gasteiger partial charge in [-0.2, -0.15) is 4.98 Å². The van der Waals surface area contributed by atoms with Crippen molar-refractivity contribution in [3.8, 4) is 0 Å². The van der Waals surface area contributed by atoms with Gasteiger partial charge in [0.1, 0.15) is 0 Å². The molecule has 0 saturated heterocycles. The molecule has 0 fully saturated rings. The van der Waals surface area contributed by atoms with Crippen molar-refractivity contribution < 1.29 is 4.52 Å². The fourth-order valence-corrected chi connectivity index (χ4v) is 1.49. The Balaban J connectivity index is 2.69. The highest BCUT2D eigenvalue weighted by molar-refractivity contribution is 5.03. The van der Waals surface area contributed by atoms with Crippen LogP contribution in [0.1, 0.15) is 65.6 Å². The molecule has 2 atom stereocenters. The van der Waals surface area contributed by atoms with Gasteiger partial charge in [-0.05, 0) is 19.9 Å². The largest absolute Gasteiger partial charge is 0.339 e. The van der Waals surface area contributed by atoms with Crippen molar-refractivity contribution in [1.29, 1.82) is 0 Å². The lowest BCUT2D eigenvalue weighted by Gasteiger charge is -2.17. The summed E-state index contributed by atoms with van der Waals surface area (Å²) in [5, 5.41) is 7.51. The third-order valence-electron chi connectivity index (χ3n) is 2.97. The van der Waals surface area contributed by atoms with Gasteiger partial charge in [0.2, 0.25) is 5.89 Å². The topological polar surface area (TPSA) is 51.0 Å². The second-order valence-electron chi connectivity index (χ2n) is 5.74. The monoisotopic (exact) mass is 239 g/mol. The van der Waals surface area contributed by atoms with Crippen molar-refractivity contribution in [2.75, 3.05) is 6.54 Å². The van der Waals surface area contributed by atoms with Gasteiger partial charge in [0.05, 0.1) is 5.92 Å². The van der Waals surface area contributed by atoms with E-state index in [9.17, 15) is 0 Å². The molecule has 98 valence electrons. The van der Waals surface area contributed by atoms with Crippen molar-refractivity contribution >= 4 is 0 Å². The van der Waals surface area contributed by atoms with Crippen LogP contribution in [0, 0.1) is 0 Å². The Labute approximate surface area is 104 Å². The van der Waals surface area contributed by atoms with Crippen LogP contribution >= 0.6 is 0 Å². The number of nitrogens with one attached hydrogen (secondary N) is 1. The molecule has 2 unspecified atom stereocenters. The van der Waals surface area contributed by atoms with Crippen LogP contribution in [0.25, 0.3) is 0 Å². The third-order valence-corrected chi connectivity index (χ3v) is 2.97. The summed E-state index contributed by atoms with van der Waals surface area (Å²) < 4.78 is 5.35. The maximum Gasteiger partial charge on any atom is 0.231 e. The molecule has 4 heteroatoms. The Morgan fingerprint density at radius 2 is 1.94 bits per heavy atom. The molecule has 0 aliphatic carbocycles. The summed E-state index contributed by atoms with van der Waals surface area (Å²) in [5.74, 6) is 1.75. The van der Waals surface area contributed by atoms with E-state index in [1.54, 1.807) is 0 Å². The van der Waals surface area contributed by atoms with Gasteiger partial charge in [-0.1, -0.05) is 39.8 Å². The zero-order valence-corrected chi connectivity index (χ0v) is 11.9. The number of aromatic nitrogens is 2. The van der Waals surface area contributed by atoms with Crippen molar-refractivity contribution in [3.05, 3.63) is 11.7 Å². The zero-order valence-electron chi connectivity index (χ0n) is 11.9. The summed E-state index contributed by atoms with van der Waals surface area (Å²) in [4.78, 5) is 4.49. The van der Waals surface area contributed by atoms with Gasteiger partial charge < -0.3 is 9.84 Å². The highest BCUT2D eigenvalue weighted by atomic mass is 16.5. The molecule has 1 aromatic rings. The molecule has 1 rings (SSSR count). The lowest BCUT2D eigenvalue weighted by molar-refractivity contribution is 0.324. The molecule has 1 heterocycles. The first-order chi connectivity index (χ1) is 7.86. The standard InChI is InChI=1S/C13H25N3O/c1-7-8-14-10(3)9(2)11-15-12(16-17-11)13(4,5)6/h9-10,14H,7-8H2,1-6H3. The molecule has 0 aromatic carbocycles. The minimum absolute atomic E-state index is 0.0540. The fourth-order valence-electron chi connectivity index (χ4n) is 1.49. The van der Waals surface area contributed by atoms with Crippen molar-refractivity contribution in [2.24, 2.45) is 0 Å². The van der Waals surface area contributed by atoms with Crippen molar-refractivity contribution in [1.82, 2.24) is 15.5 Å². The summed E-state index contributed by atoms with van der Waals surface area (Å²) in [6.45, 7) is 13.7. The van der Waals surface area contributed by atoms with Crippen LogP contribution in [0.2, 0.25) is 0 Å². The number of rotatable bonds is 5.